The lowest BCUT2D eigenvalue weighted by Crippen LogP contribution is -2.36. The molecule has 0 atom stereocenters. The van der Waals surface area contributed by atoms with Crippen LogP contribution in [-0.4, -0.2) is 29.0 Å². The summed E-state index contributed by atoms with van der Waals surface area (Å²) in [7, 11) is 0. The van der Waals surface area contributed by atoms with Gasteiger partial charge in [0, 0.05) is 25.1 Å². The van der Waals surface area contributed by atoms with Crippen LogP contribution in [0.15, 0.2) is 18.7 Å². The van der Waals surface area contributed by atoms with E-state index in [1.807, 2.05) is 24.0 Å². The second kappa shape index (κ2) is 6.74. The molecule has 1 fully saturated rings. The highest BCUT2D eigenvalue weighted by molar-refractivity contribution is 5.82. The van der Waals surface area contributed by atoms with Crippen molar-refractivity contribution in [2.45, 2.75) is 32.8 Å². The molecule has 1 aliphatic heterocycles. The maximum absolute atomic E-state index is 11.9. The summed E-state index contributed by atoms with van der Waals surface area (Å²) < 4.78 is 0. The van der Waals surface area contributed by atoms with Crippen LogP contribution in [0.5, 0.6) is 0 Å². The Labute approximate surface area is 125 Å². The Bertz CT molecular complexity index is 555. The molecule has 0 aliphatic carbocycles. The summed E-state index contributed by atoms with van der Waals surface area (Å²) in [6, 6.07) is 3.78. The maximum atomic E-state index is 11.9. The number of nitrogen functional groups attached to an aromatic ring is 1. The van der Waals surface area contributed by atoms with Crippen LogP contribution >= 0.6 is 0 Å². The standard InChI is InChI=1S/C16H23N3O2/c1-11-7-15(18-17)14(8-13(11)10-20)12(2)9-19-6-4-3-5-16(19)21/h7-8,18,20H,2-6,9-10,17H2,1H3. The Morgan fingerprint density at radius 2 is 2.24 bits per heavy atom. The van der Waals surface area contributed by atoms with E-state index in [4.69, 9.17) is 5.84 Å². The van der Waals surface area contributed by atoms with Gasteiger partial charge < -0.3 is 15.4 Å². The van der Waals surface area contributed by atoms with Crippen LogP contribution in [0.25, 0.3) is 5.57 Å². The molecule has 0 spiro atoms. The molecule has 1 aromatic carbocycles. The molecule has 1 amide bonds. The first-order valence-corrected chi connectivity index (χ1v) is 7.23. The topological polar surface area (TPSA) is 78.6 Å². The number of hydrogen-bond acceptors (Lipinski definition) is 4. The Morgan fingerprint density at radius 1 is 1.48 bits per heavy atom. The summed E-state index contributed by atoms with van der Waals surface area (Å²) >= 11 is 0. The third-order valence-electron chi connectivity index (χ3n) is 3.99. The quantitative estimate of drug-likeness (QED) is 0.570. The predicted molar refractivity (Wildman–Crippen MR) is 84.4 cm³/mol. The molecule has 0 saturated carbocycles. The molecule has 2 rings (SSSR count). The van der Waals surface area contributed by atoms with Crippen LogP contribution in [0.2, 0.25) is 0 Å². The van der Waals surface area contributed by atoms with E-state index in [0.29, 0.717) is 13.0 Å². The lowest BCUT2D eigenvalue weighted by molar-refractivity contribution is -0.132. The molecule has 1 saturated heterocycles. The number of hydrogen-bond donors (Lipinski definition) is 3. The molecule has 0 radical (unpaired) electrons. The maximum Gasteiger partial charge on any atom is 0.222 e. The van der Waals surface area contributed by atoms with Gasteiger partial charge in [-0.1, -0.05) is 6.58 Å². The summed E-state index contributed by atoms with van der Waals surface area (Å²) in [6.07, 6.45) is 2.62. The number of benzene rings is 1. The number of nitrogens with zero attached hydrogens (tertiary/aromatic N) is 1. The minimum atomic E-state index is -0.0282. The molecular weight excluding hydrogens is 266 g/mol. The second-order valence-corrected chi connectivity index (χ2v) is 5.50. The average Bonchev–Trinajstić information content (AvgIpc) is 2.49. The number of amides is 1. The number of aryl methyl sites for hydroxylation is 1. The van der Waals surface area contributed by atoms with Crippen LogP contribution in [-0.2, 0) is 11.4 Å². The fraction of sp³-hybridized carbons (Fsp3) is 0.438. The highest BCUT2D eigenvalue weighted by Gasteiger charge is 2.20. The van der Waals surface area contributed by atoms with Crippen molar-refractivity contribution in [3.05, 3.63) is 35.4 Å². The Kier molecular flexibility index (Phi) is 4.98. The molecule has 0 aromatic heterocycles. The minimum absolute atomic E-state index is 0.0282. The number of likely N-dealkylation sites (tertiary alicyclic amines) is 1. The van der Waals surface area contributed by atoms with Gasteiger partial charge >= 0.3 is 0 Å². The van der Waals surface area contributed by atoms with Gasteiger partial charge in [-0.2, -0.15) is 0 Å². The average molecular weight is 289 g/mol. The predicted octanol–water partition coefficient (Wildman–Crippen LogP) is 1.80. The third-order valence-corrected chi connectivity index (χ3v) is 3.99. The van der Waals surface area contributed by atoms with Gasteiger partial charge in [0.1, 0.15) is 0 Å². The zero-order valence-corrected chi connectivity index (χ0v) is 12.5. The monoisotopic (exact) mass is 289 g/mol. The summed E-state index contributed by atoms with van der Waals surface area (Å²) in [4.78, 5) is 13.7. The number of carbonyl (C=O) groups is 1. The molecule has 0 unspecified atom stereocenters. The number of anilines is 1. The number of aliphatic hydroxyl groups excluding tert-OH is 1. The Hall–Kier alpha value is -1.85. The summed E-state index contributed by atoms with van der Waals surface area (Å²) in [5.74, 6) is 5.75. The largest absolute Gasteiger partial charge is 0.392 e. The van der Waals surface area contributed by atoms with Gasteiger partial charge in [-0.25, -0.2) is 0 Å². The molecule has 5 nitrogen and oxygen atoms in total. The van der Waals surface area contributed by atoms with Gasteiger partial charge in [0.25, 0.3) is 0 Å². The van der Waals surface area contributed by atoms with E-state index in [-0.39, 0.29) is 12.5 Å². The number of piperidine rings is 1. The highest BCUT2D eigenvalue weighted by Crippen LogP contribution is 2.27. The first-order chi connectivity index (χ1) is 10.1. The lowest BCUT2D eigenvalue weighted by atomic mass is 9.97. The van der Waals surface area contributed by atoms with E-state index >= 15 is 0 Å². The fourth-order valence-corrected chi connectivity index (χ4v) is 2.68. The van der Waals surface area contributed by atoms with Crippen molar-refractivity contribution in [2.24, 2.45) is 5.84 Å². The lowest BCUT2D eigenvalue weighted by Gasteiger charge is -2.28. The van der Waals surface area contributed by atoms with Gasteiger partial charge in [0.2, 0.25) is 5.91 Å². The van der Waals surface area contributed by atoms with Crippen LogP contribution in [0.4, 0.5) is 5.69 Å². The zero-order chi connectivity index (χ0) is 15.4. The molecule has 21 heavy (non-hydrogen) atoms. The van der Waals surface area contributed by atoms with Gasteiger partial charge in [0.05, 0.1) is 12.3 Å². The van der Waals surface area contributed by atoms with Crippen LogP contribution in [0.3, 0.4) is 0 Å². The third kappa shape index (κ3) is 3.43. The first-order valence-electron chi connectivity index (χ1n) is 7.23. The van der Waals surface area contributed by atoms with E-state index < -0.39 is 0 Å². The number of aliphatic hydroxyl groups is 1. The van der Waals surface area contributed by atoms with E-state index in [9.17, 15) is 9.90 Å². The smallest absolute Gasteiger partial charge is 0.222 e. The van der Waals surface area contributed by atoms with Gasteiger partial charge in [-0.05, 0) is 48.6 Å². The number of nitrogens with two attached hydrogens (primary N) is 1. The van der Waals surface area contributed by atoms with E-state index in [2.05, 4.69) is 12.0 Å². The molecular formula is C16H23N3O2. The summed E-state index contributed by atoms with van der Waals surface area (Å²) in [6.45, 7) is 7.27. The van der Waals surface area contributed by atoms with Crippen LogP contribution in [0, 0.1) is 6.92 Å². The SMILES string of the molecule is C=C(CN1CCCCC1=O)c1cc(CO)c(C)cc1NN. The fourth-order valence-electron chi connectivity index (χ4n) is 2.68. The number of carbonyl (C=O) groups excluding carboxylic acids is 1. The van der Waals surface area contributed by atoms with Crippen molar-refractivity contribution in [2.75, 3.05) is 18.5 Å². The van der Waals surface area contributed by atoms with Crippen molar-refractivity contribution >= 4 is 17.2 Å². The van der Waals surface area contributed by atoms with Crippen molar-refractivity contribution < 1.29 is 9.90 Å². The highest BCUT2D eigenvalue weighted by atomic mass is 16.3. The molecule has 1 heterocycles. The first kappa shape index (κ1) is 15.5. The summed E-state index contributed by atoms with van der Waals surface area (Å²) in [5, 5.41) is 9.41. The second-order valence-electron chi connectivity index (χ2n) is 5.50. The normalized spacial score (nSPS) is 15.2. The number of rotatable bonds is 5. The zero-order valence-electron chi connectivity index (χ0n) is 12.5. The van der Waals surface area contributed by atoms with Crippen LogP contribution in [0.1, 0.15) is 36.0 Å². The van der Waals surface area contributed by atoms with Gasteiger partial charge in [-0.3, -0.25) is 10.6 Å². The molecule has 114 valence electrons. The van der Waals surface area contributed by atoms with Gasteiger partial charge in [0.15, 0.2) is 0 Å². The van der Waals surface area contributed by atoms with E-state index in [0.717, 1.165) is 47.3 Å². The number of hydrazine groups is 1. The minimum Gasteiger partial charge on any atom is -0.392 e. The molecule has 5 heteroatoms. The van der Waals surface area contributed by atoms with E-state index in [1.54, 1.807) is 0 Å². The number of nitrogens with one attached hydrogen (secondary N) is 1. The molecule has 1 aliphatic rings. The molecule has 0 bridgehead atoms. The summed E-state index contributed by atoms with van der Waals surface area (Å²) in [5.41, 5.74) is 6.92. The Balaban J connectivity index is 2.23. The van der Waals surface area contributed by atoms with Crippen LogP contribution < -0.4 is 11.3 Å². The van der Waals surface area contributed by atoms with Gasteiger partial charge in [-0.15, -0.1) is 0 Å². The van der Waals surface area contributed by atoms with Crippen molar-refractivity contribution in [1.29, 1.82) is 0 Å². The van der Waals surface area contributed by atoms with Crippen molar-refractivity contribution in [1.82, 2.24) is 4.90 Å². The van der Waals surface area contributed by atoms with E-state index in [1.165, 1.54) is 0 Å². The Morgan fingerprint density at radius 3 is 2.86 bits per heavy atom. The molecule has 1 aromatic rings. The van der Waals surface area contributed by atoms with Crippen molar-refractivity contribution in [3.8, 4) is 0 Å². The molecule has 4 N–H and O–H groups in total. The van der Waals surface area contributed by atoms with Crippen molar-refractivity contribution in [3.63, 3.8) is 0 Å².